The molecule has 120 valence electrons. The molecule has 4 heteroatoms. The number of carbonyl (C=O) groups is 2. The lowest BCUT2D eigenvalue weighted by atomic mass is 9.93. The summed E-state index contributed by atoms with van der Waals surface area (Å²) in [6.45, 7) is 1.74. The largest absolute Gasteiger partial charge is 0.481 e. The van der Waals surface area contributed by atoms with Crippen molar-refractivity contribution >= 4 is 11.9 Å². The van der Waals surface area contributed by atoms with Crippen molar-refractivity contribution in [2.24, 2.45) is 5.92 Å². The van der Waals surface area contributed by atoms with Gasteiger partial charge >= 0.3 is 5.97 Å². The SMILES string of the molecule is C[C@H](NC(=O)Cc1ccccc1)[C@H](Cc1ccccc1)C(=O)O. The third-order valence-corrected chi connectivity index (χ3v) is 3.82. The molecule has 0 heterocycles. The minimum absolute atomic E-state index is 0.164. The van der Waals surface area contributed by atoms with Crippen molar-refractivity contribution in [3.63, 3.8) is 0 Å². The summed E-state index contributed by atoms with van der Waals surface area (Å²) in [6, 6.07) is 18.4. The van der Waals surface area contributed by atoms with E-state index in [0.29, 0.717) is 6.42 Å². The first-order valence-corrected chi connectivity index (χ1v) is 7.66. The van der Waals surface area contributed by atoms with Crippen molar-refractivity contribution in [2.75, 3.05) is 0 Å². The number of benzene rings is 2. The highest BCUT2D eigenvalue weighted by atomic mass is 16.4. The van der Waals surface area contributed by atoms with Crippen molar-refractivity contribution in [3.05, 3.63) is 71.8 Å². The summed E-state index contributed by atoms with van der Waals surface area (Å²) in [6.07, 6.45) is 0.645. The second kappa shape index (κ2) is 8.13. The Morgan fingerprint density at radius 1 is 0.957 bits per heavy atom. The normalized spacial score (nSPS) is 13.1. The Morgan fingerprint density at radius 2 is 1.48 bits per heavy atom. The third kappa shape index (κ3) is 5.25. The summed E-state index contributed by atoms with van der Waals surface area (Å²) >= 11 is 0. The van der Waals surface area contributed by atoms with E-state index in [2.05, 4.69) is 5.32 Å². The first-order chi connectivity index (χ1) is 11.1. The first kappa shape index (κ1) is 16.7. The number of carbonyl (C=O) groups excluding carboxylic acids is 1. The number of carboxylic acid groups (broad SMARTS) is 1. The molecule has 0 saturated heterocycles. The van der Waals surface area contributed by atoms with E-state index in [0.717, 1.165) is 11.1 Å². The van der Waals surface area contributed by atoms with Gasteiger partial charge in [-0.25, -0.2) is 0 Å². The van der Waals surface area contributed by atoms with Crippen LogP contribution in [-0.2, 0) is 22.4 Å². The van der Waals surface area contributed by atoms with Crippen molar-refractivity contribution < 1.29 is 14.7 Å². The van der Waals surface area contributed by atoms with Crippen LogP contribution >= 0.6 is 0 Å². The summed E-state index contributed by atoms with van der Waals surface area (Å²) in [5, 5.41) is 12.3. The van der Waals surface area contributed by atoms with Crippen LogP contribution in [0.2, 0.25) is 0 Å². The zero-order chi connectivity index (χ0) is 16.7. The van der Waals surface area contributed by atoms with E-state index in [1.807, 2.05) is 60.7 Å². The zero-order valence-corrected chi connectivity index (χ0v) is 13.1. The summed E-state index contributed by atoms with van der Waals surface area (Å²) in [5.74, 6) is -1.72. The van der Waals surface area contributed by atoms with Crippen LogP contribution in [0.25, 0.3) is 0 Å². The number of rotatable bonds is 7. The fourth-order valence-electron chi connectivity index (χ4n) is 2.53. The van der Waals surface area contributed by atoms with Gasteiger partial charge in [-0.15, -0.1) is 0 Å². The number of nitrogens with one attached hydrogen (secondary N) is 1. The number of hydrogen-bond acceptors (Lipinski definition) is 2. The minimum Gasteiger partial charge on any atom is -0.481 e. The molecule has 2 atom stereocenters. The Bertz CT molecular complexity index is 640. The van der Waals surface area contributed by atoms with Gasteiger partial charge in [0.2, 0.25) is 5.91 Å². The molecule has 4 nitrogen and oxygen atoms in total. The molecule has 23 heavy (non-hydrogen) atoms. The van der Waals surface area contributed by atoms with Gasteiger partial charge in [-0.3, -0.25) is 9.59 Å². The van der Waals surface area contributed by atoms with Gasteiger partial charge in [0.1, 0.15) is 0 Å². The molecule has 2 rings (SSSR count). The Labute approximate surface area is 136 Å². The Morgan fingerprint density at radius 3 is 2.00 bits per heavy atom. The van der Waals surface area contributed by atoms with Gasteiger partial charge in [-0.05, 0) is 24.5 Å². The highest BCUT2D eigenvalue weighted by Crippen LogP contribution is 2.13. The van der Waals surface area contributed by atoms with E-state index >= 15 is 0 Å². The second-order valence-electron chi connectivity index (χ2n) is 5.65. The molecule has 0 bridgehead atoms. The number of hydrogen-bond donors (Lipinski definition) is 2. The van der Waals surface area contributed by atoms with Gasteiger partial charge in [-0.2, -0.15) is 0 Å². The number of amides is 1. The average Bonchev–Trinajstić information content (AvgIpc) is 2.54. The fourth-order valence-corrected chi connectivity index (χ4v) is 2.53. The summed E-state index contributed by atoms with van der Waals surface area (Å²) in [5.41, 5.74) is 1.86. The lowest BCUT2D eigenvalue weighted by molar-refractivity contribution is -0.142. The van der Waals surface area contributed by atoms with Crippen LogP contribution in [0.4, 0.5) is 0 Å². The van der Waals surface area contributed by atoms with Gasteiger partial charge in [0.25, 0.3) is 0 Å². The smallest absolute Gasteiger partial charge is 0.308 e. The molecule has 0 unspecified atom stereocenters. The van der Waals surface area contributed by atoms with Crippen LogP contribution in [0, 0.1) is 5.92 Å². The average molecular weight is 311 g/mol. The van der Waals surface area contributed by atoms with Crippen molar-refractivity contribution in [3.8, 4) is 0 Å². The topological polar surface area (TPSA) is 66.4 Å². The molecule has 0 aromatic heterocycles. The molecular formula is C19H21NO3. The molecule has 0 aliphatic rings. The quantitative estimate of drug-likeness (QED) is 0.826. The maximum absolute atomic E-state index is 12.1. The van der Waals surface area contributed by atoms with Gasteiger partial charge in [0.15, 0.2) is 0 Å². The summed E-state index contributed by atoms with van der Waals surface area (Å²) in [4.78, 5) is 23.6. The van der Waals surface area contributed by atoms with Crippen molar-refractivity contribution in [1.29, 1.82) is 0 Å². The molecule has 1 amide bonds. The van der Waals surface area contributed by atoms with Crippen LogP contribution in [0.5, 0.6) is 0 Å². The van der Waals surface area contributed by atoms with E-state index in [4.69, 9.17) is 0 Å². The lowest BCUT2D eigenvalue weighted by Crippen LogP contribution is -2.42. The molecule has 0 fully saturated rings. The Hall–Kier alpha value is -2.62. The number of aliphatic carboxylic acids is 1. The summed E-state index contributed by atoms with van der Waals surface area (Å²) < 4.78 is 0. The Balaban J connectivity index is 1.96. The molecule has 0 radical (unpaired) electrons. The third-order valence-electron chi connectivity index (χ3n) is 3.82. The highest BCUT2D eigenvalue weighted by molar-refractivity contribution is 5.80. The van der Waals surface area contributed by atoms with Gasteiger partial charge in [0, 0.05) is 6.04 Å². The molecule has 0 aliphatic carbocycles. The number of carboxylic acids is 1. The first-order valence-electron chi connectivity index (χ1n) is 7.66. The molecule has 2 aromatic rings. The second-order valence-corrected chi connectivity index (χ2v) is 5.65. The van der Waals surface area contributed by atoms with E-state index < -0.39 is 17.9 Å². The minimum atomic E-state index is -0.902. The van der Waals surface area contributed by atoms with Gasteiger partial charge in [-0.1, -0.05) is 60.7 Å². The molecule has 2 N–H and O–H groups in total. The predicted octanol–water partition coefficient (Wildman–Crippen LogP) is 2.68. The molecule has 0 saturated carbocycles. The maximum Gasteiger partial charge on any atom is 0.308 e. The van der Waals surface area contributed by atoms with E-state index in [9.17, 15) is 14.7 Å². The van der Waals surface area contributed by atoms with Gasteiger partial charge < -0.3 is 10.4 Å². The van der Waals surface area contributed by atoms with Crippen LogP contribution in [0.3, 0.4) is 0 Å². The highest BCUT2D eigenvalue weighted by Gasteiger charge is 2.26. The predicted molar refractivity (Wildman–Crippen MR) is 89.0 cm³/mol. The van der Waals surface area contributed by atoms with E-state index in [1.54, 1.807) is 6.92 Å². The Kier molecular flexibility index (Phi) is 5.92. The van der Waals surface area contributed by atoms with Crippen molar-refractivity contribution in [2.45, 2.75) is 25.8 Å². The van der Waals surface area contributed by atoms with Crippen LogP contribution in [-0.4, -0.2) is 23.0 Å². The van der Waals surface area contributed by atoms with Crippen LogP contribution in [0.1, 0.15) is 18.1 Å². The lowest BCUT2D eigenvalue weighted by Gasteiger charge is -2.21. The summed E-state index contributed by atoms with van der Waals surface area (Å²) in [7, 11) is 0. The standard InChI is InChI=1S/C19H21NO3/c1-14(20-18(21)13-16-10-6-3-7-11-16)17(19(22)23)12-15-8-4-2-5-9-15/h2-11,14,17H,12-13H2,1H3,(H,20,21)(H,22,23)/t14-,17-/m0/s1. The molecule has 0 aliphatic heterocycles. The maximum atomic E-state index is 12.1. The molecular weight excluding hydrogens is 290 g/mol. The van der Waals surface area contributed by atoms with E-state index in [-0.39, 0.29) is 12.3 Å². The molecule has 2 aromatic carbocycles. The van der Waals surface area contributed by atoms with Crippen LogP contribution in [0.15, 0.2) is 60.7 Å². The molecule has 0 spiro atoms. The van der Waals surface area contributed by atoms with Crippen LogP contribution < -0.4 is 5.32 Å². The zero-order valence-electron chi connectivity index (χ0n) is 13.1. The van der Waals surface area contributed by atoms with Crippen molar-refractivity contribution in [1.82, 2.24) is 5.32 Å². The fraction of sp³-hybridized carbons (Fsp3) is 0.263. The monoisotopic (exact) mass is 311 g/mol. The van der Waals surface area contributed by atoms with Gasteiger partial charge in [0.05, 0.1) is 12.3 Å². The van der Waals surface area contributed by atoms with E-state index in [1.165, 1.54) is 0 Å².